The summed E-state index contributed by atoms with van der Waals surface area (Å²) in [5, 5.41) is 6.26. The van der Waals surface area contributed by atoms with Crippen LogP contribution in [0.25, 0.3) is 11.3 Å². The monoisotopic (exact) mass is 332 g/mol. The van der Waals surface area contributed by atoms with E-state index in [1.165, 1.54) is 42.6 Å². The Balaban J connectivity index is 1.54. The number of aromatic nitrogens is 1. The number of thioether (sulfide) groups is 1. The molecule has 0 atom stereocenters. The highest BCUT2D eigenvalue weighted by atomic mass is 32.2. The van der Waals surface area contributed by atoms with Crippen LogP contribution < -0.4 is 5.32 Å². The molecule has 1 fully saturated rings. The normalized spacial score (nSPS) is 15.1. The Labute approximate surface area is 139 Å². The van der Waals surface area contributed by atoms with Crippen LogP contribution in [0.1, 0.15) is 31.2 Å². The molecule has 1 saturated carbocycles. The average molecular weight is 332 g/mol. The van der Waals surface area contributed by atoms with Crippen LogP contribution in [-0.2, 0) is 4.79 Å². The maximum atomic E-state index is 12.0. The van der Waals surface area contributed by atoms with Gasteiger partial charge in [0.1, 0.15) is 0 Å². The van der Waals surface area contributed by atoms with E-state index in [4.69, 9.17) is 0 Å². The van der Waals surface area contributed by atoms with Crippen LogP contribution in [0.2, 0.25) is 0 Å². The van der Waals surface area contributed by atoms with Gasteiger partial charge in [-0.3, -0.25) is 4.79 Å². The van der Waals surface area contributed by atoms with Crippen molar-refractivity contribution in [2.75, 3.05) is 11.1 Å². The second kappa shape index (κ2) is 7.29. The summed E-state index contributed by atoms with van der Waals surface area (Å²) in [4.78, 5) is 16.5. The molecule has 22 heavy (non-hydrogen) atoms. The lowest BCUT2D eigenvalue weighted by atomic mass is 10.1. The molecule has 0 bridgehead atoms. The van der Waals surface area contributed by atoms with E-state index in [9.17, 15) is 4.79 Å². The molecule has 3 rings (SSSR count). The van der Waals surface area contributed by atoms with Gasteiger partial charge in [0.05, 0.1) is 11.4 Å². The number of hydrogen-bond acceptors (Lipinski definition) is 4. The van der Waals surface area contributed by atoms with Crippen molar-refractivity contribution in [3.63, 3.8) is 0 Å². The molecule has 0 spiro atoms. The van der Waals surface area contributed by atoms with Gasteiger partial charge in [0, 0.05) is 16.2 Å². The second-order valence-corrected chi connectivity index (χ2v) is 7.82. The van der Waals surface area contributed by atoms with Crippen LogP contribution in [0.5, 0.6) is 0 Å². The van der Waals surface area contributed by atoms with Crippen molar-refractivity contribution in [1.29, 1.82) is 0 Å². The maximum absolute atomic E-state index is 12.0. The van der Waals surface area contributed by atoms with Crippen LogP contribution in [0, 0.1) is 6.92 Å². The first kappa shape index (κ1) is 15.6. The van der Waals surface area contributed by atoms with Crippen LogP contribution in [-0.4, -0.2) is 21.9 Å². The molecule has 1 amide bonds. The molecule has 0 saturated heterocycles. The number of carbonyl (C=O) groups excluding carboxylic acids is 1. The number of thiazole rings is 1. The van der Waals surface area contributed by atoms with E-state index in [2.05, 4.69) is 41.5 Å². The summed E-state index contributed by atoms with van der Waals surface area (Å²) in [7, 11) is 0. The van der Waals surface area contributed by atoms with Gasteiger partial charge in [0.2, 0.25) is 5.91 Å². The summed E-state index contributed by atoms with van der Waals surface area (Å²) in [5.41, 5.74) is 3.24. The highest BCUT2D eigenvalue weighted by Crippen LogP contribution is 2.30. The third kappa shape index (κ3) is 4.11. The lowest BCUT2D eigenvalue weighted by Crippen LogP contribution is -2.15. The number of benzene rings is 1. The number of amides is 1. The molecule has 0 unspecified atom stereocenters. The zero-order valence-corrected chi connectivity index (χ0v) is 14.3. The third-order valence-electron chi connectivity index (χ3n) is 3.85. The molecule has 1 aromatic heterocycles. The van der Waals surface area contributed by atoms with Crippen molar-refractivity contribution in [2.24, 2.45) is 0 Å². The van der Waals surface area contributed by atoms with Gasteiger partial charge in [-0.05, 0) is 19.8 Å². The van der Waals surface area contributed by atoms with E-state index in [1.54, 1.807) is 11.8 Å². The Kier molecular flexibility index (Phi) is 5.16. The van der Waals surface area contributed by atoms with Gasteiger partial charge in [-0.2, -0.15) is 0 Å². The van der Waals surface area contributed by atoms with E-state index >= 15 is 0 Å². The fourth-order valence-corrected chi connectivity index (χ4v) is 4.45. The topological polar surface area (TPSA) is 42.0 Å². The van der Waals surface area contributed by atoms with E-state index in [1.807, 2.05) is 5.38 Å². The number of aryl methyl sites for hydroxylation is 1. The Hall–Kier alpha value is -1.33. The first-order valence-electron chi connectivity index (χ1n) is 7.65. The van der Waals surface area contributed by atoms with Gasteiger partial charge in [-0.15, -0.1) is 23.1 Å². The average Bonchev–Trinajstić information content (AvgIpc) is 3.17. The van der Waals surface area contributed by atoms with Crippen molar-refractivity contribution < 1.29 is 4.79 Å². The van der Waals surface area contributed by atoms with Gasteiger partial charge < -0.3 is 5.32 Å². The lowest BCUT2D eigenvalue weighted by molar-refractivity contribution is -0.113. The van der Waals surface area contributed by atoms with E-state index < -0.39 is 0 Å². The minimum Gasteiger partial charge on any atom is -0.301 e. The first-order valence-corrected chi connectivity index (χ1v) is 9.57. The number of rotatable bonds is 5. The first-order chi connectivity index (χ1) is 10.7. The van der Waals surface area contributed by atoms with Crippen molar-refractivity contribution >= 4 is 34.1 Å². The molecule has 1 heterocycles. The van der Waals surface area contributed by atoms with Crippen molar-refractivity contribution in [2.45, 2.75) is 37.9 Å². The number of carbonyl (C=O) groups is 1. The number of hydrogen-bond donors (Lipinski definition) is 1. The van der Waals surface area contributed by atoms with Crippen molar-refractivity contribution in [1.82, 2.24) is 4.98 Å². The minimum atomic E-state index is 0.0571. The van der Waals surface area contributed by atoms with E-state index in [0.717, 1.165) is 11.3 Å². The van der Waals surface area contributed by atoms with Gasteiger partial charge in [0.15, 0.2) is 5.13 Å². The van der Waals surface area contributed by atoms with Gasteiger partial charge in [-0.25, -0.2) is 4.98 Å². The second-order valence-electron chi connectivity index (χ2n) is 5.67. The van der Waals surface area contributed by atoms with Crippen LogP contribution >= 0.6 is 23.1 Å². The fraction of sp³-hybridized carbons (Fsp3) is 0.412. The summed E-state index contributed by atoms with van der Waals surface area (Å²) in [6, 6.07) is 8.27. The third-order valence-corrected chi connectivity index (χ3v) is 5.98. The quantitative estimate of drug-likeness (QED) is 0.860. The predicted octanol–water partition coefficient (Wildman–Crippen LogP) is 4.73. The van der Waals surface area contributed by atoms with Crippen molar-refractivity contribution in [3.05, 3.63) is 35.2 Å². The number of nitrogens with zero attached hydrogens (tertiary/aromatic N) is 1. The molecule has 2 aromatic rings. The zero-order valence-electron chi connectivity index (χ0n) is 12.7. The van der Waals surface area contributed by atoms with Crippen LogP contribution in [0.15, 0.2) is 29.6 Å². The highest BCUT2D eigenvalue weighted by Gasteiger charge is 2.17. The molecule has 1 aliphatic rings. The van der Waals surface area contributed by atoms with Crippen molar-refractivity contribution in [3.8, 4) is 11.3 Å². The molecule has 116 valence electrons. The standard InChI is InChI=1S/C17H20N2OS2/c1-12-6-8-13(9-7-12)15-10-22-17(18-15)19-16(20)11-21-14-4-2-3-5-14/h6-10,14H,2-5,11H2,1H3,(H,18,19,20). The molecule has 3 nitrogen and oxygen atoms in total. The maximum Gasteiger partial charge on any atom is 0.236 e. The molecule has 5 heteroatoms. The van der Waals surface area contributed by atoms with Gasteiger partial charge >= 0.3 is 0 Å². The van der Waals surface area contributed by atoms with Crippen LogP contribution in [0.4, 0.5) is 5.13 Å². The smallest absolute Gasteiger partial charge is 0.236 e. The minimum absolute atomic E-state index is 0.0571. The summed E-state index contributed by atoms with van der Waals surface area (Å²) < 4.78 is 0. The Morgan fingerprint density at radius 3 is 2.77 bits per heavy atom. The van der Waals surface area contributed by atoms with Gasteiger partial charge in [-0.1, -0.05) is 42.7 Å². The molecule has 1 N–H and O–H groups in total. The Bertz CT molecular complexity index is 630. The summed E-state index contributed by atoms with van der Waals surface area (Å²) in [5.74, 6) is 0.589. The summed E-state index contributed by atoms with van der Waals surface area (Å²) in [6.45, 7) is 2.07. The molecular weight excluding hydrogens is 312 g/mol. The number of nitrogens with one attached hydrogen (secondary N) is 1. The zero-order chi connectivity index (χ0) is 15.4. The lowest BCUT2D eigenvalue weighted by Gasteiger charge is -2.07. The predicted molar refractivity (Wildman–Crippen MR) is 95.6 cm³/mol. The number of anilines is 1. The molecule has 1 aliphatic carbocycles. The Morgan fingerprint density at radius 2 is 2.05 bits per heavy atom. The molecule has 1 aromatic carbocycles. The largest absolute Gasteiger partial charge is 0.301 e. The molecular formula is C17H20N2OS2. The van der Waals surface area contributed by atoms with E-state index in [0.29, 0.717) is 16.1 Å². The highest BCUT2D eigenvalue weighted by molar-refractivity contribution is 8.00. The fourth-order valence-electron chi connectivity index (χ4n) is 2.59. The molecule has 0 aliphatic heterocycles. The Morgan fingerprint density at radius 1 is 1.32 bits per heavy atom. The van der Waals surface area contributed by atoms with Gasteiger partial charge in [0.25, 0.3) is 0 Å². The summed E-state index contributed by atoms with van der Waals surface area (Å²) in [6.07, 6.45) is 5.14. The van der Waals surface area contributed by atoms with E-state index in [-0.39, 0.29) is 5.91 Å². The SMILES string of the molecule is Cc1ccc(-c2csc(NC(=O)CSC3CCCC3)n2)cc1. The molecule has 0 radical (unpaired) electrons. The summed E-state index contributed by atoms with van der Waals surface area (Å²) >= 11 is 3.26. The van der Waals surface area contributed by atoms with Crippen LogP contribution in [0.3, 0.4) is 0 Å².